The highest BCUT2D eigenvalue weighted by atomic mass is 15.2. The van der Waals surface area contributed by atoms with E-state index in [1.54, 1.807) is 0 Å². The number of likely N-dealkylation sites (tertiary alicyclic amines) is 2. The largest absolute Gasteiger partial charge is 0.301 e. The Kier molecular flexibility index (Phi) is 15.0. The SMILES string of the molecule is CC(C)N1CCC=CCC1.CC(C)N1CCCCC1.CC(C)N1CCCCCC1. The molecular formula is C26H53N3. The molecule has 3 heteroatoms. The van der Waals surface area contributed by atoms with Gasteiger partial charge in [0.1, 0.15) is 0 Å². The van der Waals surface area contributed by atoms with E-state index in [4.69, 9.17) is 0 Å². The summed E-state index contributed by atoms with van der Waals surface area (Å²) < 4.78 is 0. The van der Waals surface area contributed by atoms with E-state index in [1.165, 1.54) is 97.1 Å². The molecule has 0 saturated carbocycles. The lowest BCUT2D eigenvalue weighted by atomic mass is 10.1. The van der Waals surface area contributed by atoms with E-state index in [1.807, 2.05) is 0 Å². The van der Waals surface area contributed by atoms with Crippen LogP contribution in [0.15, 0.2) is 12.2 Å². The van der Waals surface area contributed by atoms with Crippen molar-refractivity contribution in [2.24, 2.45) is 0 Å². The Morgan fingerprint density at radius 2 is 0.690 bits per heavy atom. The Morgan fingerprint density at radius 3 is 1.00 bits per heavy atom. The first-order valence-electron chi connectivity index (χ1n) is 12.8. The van der Waals surface area contributed by atoms with Crippen molar-refractivity contribution in [2.45, 2.75) is 117 Å². The Bertz CT molecular complexity index is 373. The number of rotatable bonds is 3. The highest BCUT2D eigenvalue weighted by molar-refractivity contribution is 4.87. The quantitative estimate of drug-likeness (QED) is 0.516. The molecule has 0 atom stereocenters. The summed E-state index contributed by atoms with van der Waals surface area (Å²) in [5, 5.41) is 0. The summed E-state index contributed by atoms with van der Waals surface area (Å²) in [6, 6.07) is 2.25. The van der Waals surface area contributed by atoms with Crippen molar-refractivity contribution in [2.75, 3.05) is 39.3 Å². The molecule has 3 nitrogen and oxygen atoms in total. The molecule has 3 aliphatic rings. The van der Waals surface area contributed by atoms with Crippen molar-refractivity contribution in [1.82, 2.24) is 14.7 Å². The summed E-state index contributed by atoms with van der Waals surface area (Å²) in [6.07, 6.45) is 17.1. The van der Waals surface area contributed by atoms with Gasteiger partial charge in [-0.05, 0) is 106 Å². The molecule has 0 aromatic rings. The van der Waals surface area contributed by atoms with Gasteiger partial charge < -0.3 is 14.7 Å². The minimum absolute atomic E-state index is 0.722. The van der Waals surface area contributed by atoms with Crippen molar-refractivity contribution in [3.8, 4) is 0 Å². The summed E-state index contributed by atoms with van der Waals surface area (Å²) in [5.74, 6) is 0. The average Bonchev–Trinajstić information content (AvgIpc) is 3.15. The summed E-state index contributed by atoms with van der Waals surface area (Å²) in [7, 11) is 0. The first-order valence-corrected chi connectivity index (χ1v) is 12.8. The lowest BCUT2D eigenvalue weighted by Crippen LogP contribution is -2.35. The summed E-state index contributed by atoms with van der Waals surface area (Å²) in [6.45, 7) is 21.5. The van der Waals surface area contributed by atoms with Crippen molar-refractivity contribution in [3.05, 3.63) is 12.2 Å². The Morgan fingerprint density at radius 1 is 0.414 bits per heavy atom. The van der Waals surface area contributed by atoms with Crippen LogP contribution < -0.4 is 0 Å². The molecule has 0 spiro atoms. The third kappa shape index (κ3) is 12.8. The van der Waals surface area contributed by atoms with Gasteiger partial charge in [0.25, 0.3) is 0 Å². The minimum atomic E-state index is 0.722. The lowest BCUT2D eigenvalue weighted by molar-refractivity contribution is 0.185. The van der Waals surface area contributed by atoms with E-state index in [-0.39, 0.29) is 0 Å². The van der Waals surface area contributed by atoms with Gasteiger partial charge in [0.05, 0.1) is 0 Å². The van der Waals surface area contributed by atoms with Gasteiger partial charge in [-0.3, -0.25) is 0 Å². The molecule has 0 unspecified atom stereocenters. The fourth-order valence-electron chi connectivity index (χ4n) is 4.39. The van der Waals surface area contributed by atoms with Crippen LogP contribution in [0.3, 0.4) is 0 Å². The molecule has 3 aliphatic heterocycles. The molecule has 0 aliphatic carbocycles. The zero-order chi connectivity index (χ0) is 21.5. The third-order valence-electron chi connectivity index (χ3n) is 6.55. The van der Waals surface area contributed by atoms with E-state index in [0.717, 1.165) is 18.1 Å². The topological polar surface area (TPSA) is 9.72 Å². The smallest absolute Gasteiger partial charge is 0.00388 e. The fourth-order valence-corrected chi connectivity index (χ4v) is 4.39. The van der Waals surface area contributed by atoms with Gasteiger partial charge in [-0.2, -0.15) is 0 Å². The van der Waals surface area contributed by atoms with E-state index >= 15 is 0 Å². The average molecular weight is 408 g/mol. The molecule has 3 rings (SSSR count). The van der Waals surface area contributed by atoms with Gasteiger partial charge in [-0.15, -0.1) is 0 Å². The van der Waals surface area contributed by atoms with Crippen LogP contribution in [0.1, 0.15) is 99.3 Å². The minimum Gasteiger partial charge on any atom is -0.301 e. The van der Waals surface area contributed by atoms with Gasteiger partial charge in [-0.1, -0.05) is 31.4 Å². The molecule has 0 N–H and O–H groups in total. The molecule has 0 aromatic heterocycles. The summed E-state index contributed by atoms with van der Waals surface area (Å²) in [4.78, 5) is 7.68. The van der Waals surface area contributed by atoms with E-state index in [2.05, 4.69) is 68.4 Å². The van der Waals surface area contributed by atoms with Crippen molar-refractivity contribution in [3.63, 3.8) is 0 Å². The molecule has 2 saturated heterocycles. The van der Waals surface area contributed by atoms with Gasteiger partial charge >= 0.3 is 0 Å². The van der Waals surface area contributed by atoms with Crippen LogP contribution >= 0.6 is 0 Å². The monoisotopic (exact) mass is 407 g/mol. The van der Waals surface area contributed by atoms with Crippen molar-refractivity contribution < 1.29 is 0 Å². The molecule has 172 valence electrons. The molecule has 0 bridgehead atoms. The molecule has 2 fully saturated rings. The first kappa shape index (κ1) is 26.7. The maximum Gasteiger partial charge on any atom is 0.00388 e. The Balaban J connectivity index is 0.000000218. The molecule has 3 heterocycles. The molecular weight excluding hydrogens is 354 g/mol. The number of nitrogens with zero attached hydrogens (tertiary/aromatic N) is 3. The van der Waals surface area contributed by atoms with Gasteiger partial charge in [0, 0.05) is 31.2 Å². The van der Waals surface area contributed by atoms with E-state index < -0.39 is 0 Å². The molecule has 0 amide bonds. The van der Waals surface area contributed by atoms with Crippen molar-refractivity contribution in [1.29, 1.82) is 0 Å². The molecule has 0 aromatic carbocycles. The second-order valence-corrected chi connectivity index (χ2v) is 9.91. The van der Waals surface area contributed by atoms with Crippen LogP contribution in [-0.2, 0) is 0 Å². The number of hydrogen-bond acceptors (Lipinski definition) is 3. The van der Waals surface area contributed by atoms with Crippen LogP contribution in [0.2, 0.25) is 0 Å². The predicted octanol–water partition coefficient (Wildman–Crippen LogP) is 6.20. The highest BCUT2D eigenvalue weighted by Gasteiger charge is 2.12. The second-order valence-electron chi connectivity index (χ2n) is 9.91. The van der Waals surface area contributed by atoms with Crippen LogP contribution in [0.4, 0.5) is 0 Å². The Labute approximate surface area is 183 Å². The summed E-state index contributed by atoms with van der Waals surface area (Å²) in [5.41, 5.74) is 0. The van der Waals surface area contributed by atoms with Gasteiger partial charge in [-0.25, -0.2) is 0 Å². The third-order valence-corrected chi connectivity index (χ3v) is 6.55. The standard InChI is InChI=1S/C9H19N.C9H17N.C8H17N/c2*1-9(2)10-7-5-3-4-6-8-10;1-8(2)9-6-4-3-5-7-9/h9H,3-8H2,1-2H3;3-4,9H,5-8H2,1-2H3;8H,3-7H2,1-2H3. The zero-order valence-corrected chi connectivity index (χ0v) is 20.8. The maximum atomic E-state index is 2.59. The van der Waals surface area contributed by atoms with Crippen LogP contribution in [0.25, 0.3) is 0 Å². The van der Waals surface area contributed by atoms with Gasteiger partial charge in [0.2, 0.25) is 0 Å². The number of hydrogen-bond donors (Lipinski definition) is 0. The second kappa shape index (κ2) is 16.3. The molecule has 0 radical (unpaired) electrons. The van der Waals surface area contributed by atoms with Crippen LogP contribution in [-0.4, -0.2) is 72.1 Å². The normalized spacial score (nSPS) is 22.5. The van der Waals surface area contributed by atoms with Gasteiger partial charge in [0.15, 0.2) is 0 Å². The van der Waals surface area contributed by atoms with Crippen LogP contribution in [0.5, 0.6) is 0 Å². The summed E-state index contributed by atoms with van der Waals surface area (Å²) >= 11 is 0. The van der Waals surface area contributed by atoms with Crippen LogP contribution in [0, 0.1) is 0 Å². The first-order chi connectivity index (χ1) is 13.9. The Hall–Kier alpha value is -0.380. The molecule has 29 heavy (non-hydrogen) atoms. The predicted molar refractivity (Wildman–Crippen MR) is 131 cm³/mol. The lowest BCUT2D eigenvalue weighted by Gasteiger charge is -2.29. The van der Waals surface area contributed by atoms with Crippen molar-refractivity contribution >= 4 is 0 Å². The fraction of sp³-hybridized carbons (Fsp3) is 0.923. The van der Waals surface area contributed by atoms with E-state index in [0.29, 0.717) is 0 Å². The van der Waals surface area contributed by atoms with E-state index in [9.17, 15) is 0 Å². The maximum absolute atomic E-state index is 2.59. The highest BCUT2D eigenvalue weighted by Crippen LogP contribution is 2.12. The number of piperidine rings is 1. The zero-order valence-electron chi connectivity index (χ0n) is 20.8.